The van der Waals surface area contributed by atoms with Crippen LogP contribution in [0.15, 0.2) is 36.5 Å². The van der Waals surface area contributed by atoms with Gasteiger partial charge in [0.15, 0.2) is 0 Å². The van der Waals surface area contributed by atoms with Gasteiger partial charge >= 0.3 is 0 Å². The minimum atomic E-state index is -0.525. The number of nitrogens with two attached hydrogens (primary N) is 2. The van der Waals surface area contributed by atoms with Crippen molar-refractivity contribution in [2.24, 2.45) is 11.5 Å². The van der Waals surface area contributed by atoms with Gasteiger partial charge in [0.25, 0.3) is 5.91 Å². The van der Waals surface area contributed by atoms with Crippen LogP contribution in [0.4, 0.5) is 0 Å². The van der Waals surface area contributed by atoms with Gasteiger partial charge in [-0.2, -0.15) is 5.10 Å². The van der Waals surface area contributed by atoms with E-state index >= 15 is 0 Å². The first-order valence-corrected chi connectivity index (χ1v) is 6.30. The molecule has 1 unspecified atom stereocenters. The minimum Gasteiger partial charge on any atom is -0.364 e. The number of hydrogen-bond acceptors (Lipinski definition) is 3. The van der Waals surface area contributed by atoms with E-state index in [0.29, 0.717) is 0 Å². The van der Waals surface area contributed by atoms with E-state index < -0.39 is 5.91 Å². The third-order valence-corrected chi connectivity index (χ3v) is 3.04. The molecule has 0 radical (unpaired) electrons. The second-order valence-corrected chi connectivity index (χ2v) is 4.55. The van der Waals surface area contributed by atoms with Crippen LogP contribution >= 0.6 is 0 Å². The Hall–Kier alpha value is -2.14. The number of amides is 1. The average Bonchev–Trinajstić information content (AvgIpc) is 2.88. The molecule has 1 atom stereocenters. The van der Waals surface area contributed by atoms with Gasteiger partial charge in [-0.15, -0.1) is 0 Å². The fourth-order valence-corrected chi connectivity index (χ4v) is 1.87. The van der Waals surface area contributed by atoms with E-state index in [1.54, 1.807) is 16.9 Å². The Bertz CT molecular complexity index is 576. The molecule has 0 aliphatic rings. The van der Waals surface area contributed by atoms with E-state index in [9.17, 15) is 4.79 Å². The molecule has 0 fully saturated rings. The van der Waals surface area contributed by atoms with E-state index in [2.05, 4.69) is 12.0 Å². The number of primary amides is 1. The van der Waals surface area contributed by atoms with Crippen molar-refractivity contribution >= 4 is 5.91 Å². The normalized spacial score (nSPS) is 12.3. The first-order valence-electron chi connectivity index (χ1n) is 6.30. The fourth-order valence-electron chi connectivity index (χ4n) is 1.87. The van der Waals surface area contributed by atoms with E-state index in [0.717, 1.165) is 24.1 Å². The van der Waals surface area contributed by atoms with Gasteiger partial charge in [0.05, 0.1) is 5.69 Å². The number of carbonyl (C=O) groups is 1. The molecule has 1 aromatic heterocycles. The van der Waals surface area contributed by atoms with Crippen LogP contribution in [0.1, 0.15) is 29.4 Å². The first-order chi connectivity index (χ1) is 9.10. The smallest absolute Gasteiger partial charge is 0.269 e. The molecule has 19 heavy (non-hydrogen) atoms. The molecule has 1 amide bonds. The summed E-state index contributed by atoms with van der Waals surface area (Å²) in [6.07, 6.45) is 3.49. The highest BCUT2D eigenvalue weighted by atomic mass is 16.1. The van der Waals surface area contributed by atoms with E-state index in [1.165, 1.54) is 0 Å². The molecule has 100 valence electrons. The van der Waals surface area contributed by atoms with Gasteiger partial charge in [-0.3, -0.25) is 4.79 Å². The van der Waals surface area contributed by atoms with Crippen molar-refractivity contribution in [3.63, 3.8) is 0 Å². The third-order valence-electron chi connectivity index (χ3n) is 3.04. The number of nitrogens with zero attached hydrogens (tertiary/aromatic N) is 2. The molecule has 0 bridgehead atoms. The van der Waals surface area contributed by atoms with E-state index in [4.69, 9.17) is 11.5 Å². The third kappa shape index (κ3) is 3.20. The molecule has 2 rings (SSSR count). The second-order valence-electron chi connectivity index (χ2n) is 4.55. The molecule has 0 aliphatic heterocycles. The molecular formula is C14H18N4O. The zero-order chi connectivity index (χ0) is 13.8. The van der Waals surface area contributed by atoms with Crippen molar-refractivity contribution in [2.45, 2.75) is 25.8 Å². The van der Waals surface area contributed by atoms with Crippen LogP contribution in [0.3, 0.4) is 0 Å². The Labute approximate surface area is 112 Å². The summed E-state index contributed by atoms with van der Waals surface area (Å²) in [7, 11) is 0. The van der Waals surface area contributed by atoms with Gasteiger partial charge in [-0.05, 0) is 36.6 Å². The molecular weight excluding hydrogens is 240 g/mol. The Morgan fingerprint density at radius 3 is 2.84 bits per heavy atom. The van der Waals surface area contributed by atoms with Crippen LogP contribution < -0.4 is 11.5 Å². The maximum Gasteiger partial charge on any atom is 0.269 e. The van der Waals surface area contributed by atoms with Gasteiger partial charge in [0.2, 0.25) is 0 Å². The van der Waals surface area contributed by atoms with Gasteiger partial charge in [-0.25, -0.2) is 4.68 Å². The molecule has 1 aromatic carbocycles. The van der Waals surface area contributed by atoms with Crippen LogP contribution in [-0.4, -0.2) is 21.7 Å². The van der Waals surface area contributed by atoms with Crippen molar-refractivity contribution in [2.75, 3.05) is 0 Å². The van der Waals surface area contributed by atoms with E-state index in [-0.39, 0.29) is 11.7 Å². The van der Waals surface area contributed by atoms with Crippen molar-refractivity contribution in [1.82, 2.24) is 9.78 Å². The van der Waals surface area contributed by atoms with Crippen molar-refractivity contribution in [3.05, 3.63) is 47.8 Å². The van der Waals surface area contributed by atoms with Crippen LogP contribution in [-0.2, 0) is 6.42 Å². The predicted octanol–water partition coefficient (Wildman–Crippen LogP) is 1.25. The van der Waals surface area contributed by atoms with Gasteiger partial charge in [0, 0.05) is 12.2 Å². The summed E-state index contributed by atoms with van der Waals surface area (Å²) in [6.45, 7) is 2.07. The molecule has 4 N–H and O–H groups in total. The lowest BCUT2D eigenvalue weighted by Gasteiger charge is -2.10. The molecule has 2 aromatic rings. The molecule has 1 heterocycles. The molecule has 0 spiro atoms. The maximum absolute atomic E-state index is 11.0. The lowest BCUT2D eigenvalue weighted by atomic mass is 10.0. The fraction of sp³-hybridized carbons (Fsp3) is 0.286. The average molecular weight is 258 g/mol. The lowest BCUT2D eigenvalue weighted by molar-refractivity contribution is 0.0995. The van der Waals surface area contributed by atoms with Crippen LogP contribution in [0.5, 0.6) is 0 Å². The summed E-state index contributed by atoms with van der Waals surface area (Å²) < 4.78 is 1.64. The summed E-state index contributed by atoms with van der Waals surface area (Å²) in [5.74, 6) is -0.525. The standard InChI is InChI=1S/C14H18N4O/c1-2-11(15)8-10-4-3-5-12(9-10)18-7-6-13(17-18)14(16)19/h3-7,9,11H,2,8,15H2,1H3,(H2,16,19). The quantitative estimate of drug-likeness (QED) is 0.846. The summed E-state index contributed by atoms with van der Waals surface area (Å²) >= 11 is 0. The zero-order valence-electron chi connectivity index (χ0n) is 10.9. The topological polar surface area (TPSA) is 86.9 Å². The molecule has 5 heteroatoms. The Balaban J connectivity index is 2.24. The van der Waals surface area contributed by atoms with Crippen LogP contribution in [0.2, 0.25) is 0 Å². The largest absolute Gasteiger partial charge is 0.364 e. The highest BCUT2D eigenvalue weighted by Gasteiger charge is 2.07. The Morgan fingerprint density at radius 1 is 1.42 bits per heavy atom. The number of hydrogen-bond donors (Lipinski definition) is 2. The highest BCUT2D eigenvalue weighted by Crippen LogP contribution is 2.12. The zero-order valence-corrected chi connectivity index (χ0v) is 10.9. The minimum absolute atomic E-state index is 0.161. The molecule has 0 saturated heterocycles. The van der Waals surface area contributed by atoms with Gasteiger partial charge in [0.1, 0.15) is 5.69 Å². The van der Waals surface area contributed by atoms with Crippen molar-refractivity contribution in [3.8, 4) is 5.69 Å². The Morgan fingerprint density at radius 2 is 2.21 bits per heavy atom. The summed E-state index contributed by atoms with van der Waals surface area (Å²) in [6, 6.07) is 9.71. The molecule has 0 saturated carbocycles. The highest BCUT2D eigenvalue weighted by molar-refractivity contribution is 5.90. The summed E-state index contributed by atoms with van der Waals surface area (Å²) in [4.78, 5) is 11.0. The molecule has 5 nitrogen and oxygen atoms in total. The van der Waals surface area contributed by atoms with Crippen LogP contribution in [0, 0.1) is 0 Å². The van der Waals surface area contributed by atoms with Gasteiger partial charge < -0.3 is 11.5 Å². The van der Waals surface area contributed by atoms with Crippen LogP contribution in [0.25, 0.3) is 5.69 Å². The summed E-state index contributed by atoms with van der Waals surface area (Å²) in [5, 5.41) is 4.13. The maximum atomic E-state index is 11.0. The van der Waals surface area contributed by atoms with Gasteiger partial charge in [-0.1, -0.05) is 19.1 Å². The lowest BCUT2D eigenvalue weighted by Crippen LogP contribution is -2.21. The summed E-state index contributed by atoms with van der Waals surface area (Å²) in [5.41, 5.74) is 13.5. The van der Waals surface area contributed by atoms with Crippen molar-refractivity contribution in [1.29, 1.82) is 0 Å². The number of benzene rings is 1. The van der Waals surface area contributed by atoms with E-state index in [1.807, 2.05) is 24.3 Å². The SMILES string of the molecule is CCC(N)Cc1cccc(-n2ccc(C(N)=O)n2)c1. The Kier molecular flexibility index (Phi) is 3.97. The second kappa shape index (κ2) is 5.67. The first kappa shape index (κ1) is 13.3. The number of rotatable bonds is 5. The number of carbonyl (C=O) groups excluding carboxylic acids is 1. The predicted molar refractivity (Wildman–Crippen MR) is 74.1 cm³/mol. The molecule has 0 aliphatic carbocycles. The van der Waals surface area contributed by atoms with Crippen molar-refractivity contribution < 1.29 is 4.79 Å². The number of aromatic nitrogens is 2. The monoisotopic (exact) mass is 258 g/mol.